The highest BCUT2D eigenvalue weighted by molar-refractivity contribution is 5.90. The molecule has 0 aromatic heterocycles. The van der Waals surface area contributed by atoms with E-state index in [1.165, 1.54) is 5.56 Å². The van der Waals surface area contributed by atoms with Crippen LogP contribution in [0.2, 0.25) is 0 Å². The number of hydrogen-bond acceptors (Lipinski definition) is 2. The number of rotatable bonds is 4. The van der Waals surface area contributed by atoms with Gasteiger partial charge in [0.25, 0.3) is 0 Å². The molecule has 0 bridgehead atoms. The molecule has 1 aliphatic heterocycles. The molecule has 136 valence electrons. The van der Waals surface area contributed by atoms with Crippen LogP contribution < -0.4 is 10.6 Å². The van der Waals surface area contributed by atoms with E-state index in [-0.39, 0.29) is 17.9 Å². The van der Waals surface area contributed by atoms with Crippen molar-refractivity contribution in [2.24, 2.45) is 5.92 Å². The fourth-order valence-electron chi connectivity index (χ4n) is 3.36. The standard InChI is InChI=1S/C21H25N3O2/c1-22-20(25)17-11-13-24(14-12-17)21(26)23-19-10-6-5-9-18(19)15-16-7-3-2-4-8-16/h2-10,17H,11-15H2,1H3,(H,22,25)(H,23,26). The molecule has 1 heterocycles. The number of anilines is 1. The molecule has 26 heavy (non-hydrogen) atoms. The van der Waals surface area contributed by atoms with Gasteiger partial charge in [-0.2, -0.15) is 0 Å². The van der Waals surface area contributed by atoms with Gasteiger partial charge < -0.3 is 15.5 Å². The number of para-hydroxylation sites is 1. The molecule has 3 rings (SSSR count). The minimum atomic E-state index is -0.0964. The summed E-state index contributed by atoms with van der Waals surface area (Å²) in [5, 5.41) is 5.74. The van der Waals surface area contributed by atoms with Gasteiger partial charge in [-0.05, 0) is 36.5 Å². The van der Waals surface area contributed by atoms with E-state index in [4.69, 9.17) is 0 Å². The zero-order valence-corrected chi connectivity index (χ0v) is 15.1. The zero-order chi connectivity index (χ0) is 18.4. The summed E-state index contributed by atoms with van der Waals surface area (Å²) in [6.45, 7) is 1.20. The fraction of sp³-hybridized carbons (Fsp3) is 0.333. The molecular weight excluding hydrogens is 326 g/mol. The van der Waals surface area contributed by atoms with E-state index in [9.17, 15) is 9.59 Å². The molecule has 3 amide bonds. The van der Waals surface area contributed by atoms with Crippen molar-refractivity contribution in [3.63, 3.8) is 0 Å². The molecule has 2 aromatic carbocycles. The van der Waals surface area contributed by atoms with Crippen molar-refractivity contribution in [1.82, 2.24) is 10.2 Å². The molecule has 2 N–H and O–H groups in total. The highest BCUT2D eigenvalue weighted by Crippen LogP contribution is 2.22. The lowest BCUT2D eigenvalue weighted by Gasteiger charge is -2.31. The molecule has 0 unspecified atom stereocenters. The average Bonchev–Trinajstić information content (AvgIpc) is 2.69. The van der Waals surface area contributed by atoms with E-state index >= 15 is 0 Å². The Hall–Kier alpha value is -2.82. The minimum absolute atomic E-state index is 0.00872. The second-order valence-corrected chi connectivity index (χ2v) is 6.63. The summed E-state index contributed by atoms with van der Waals surface area (Å²) in [4.78, 5) is 26.1. The van der Waals surface area contributed by atoms with Crippen molar-refractivity contribution in [3.8, 4) is 0 Å². The maximum absolute atomic E-state index is 12.6. The topological polar surface area (TPSA) is 61.4 Å². The second kappa shape index (κ2) is 8.52. The molecule has 0 radical (unpaired) electrons. The molecule has 5 heteroatoms. The van der Waals surface area contributed by atoms with E-state index in [2.05, 4.69) is 22.8 Å². The third-order valence-corrected chi connectivity index (χ3v) is 4.90. The first-order valence-corrected chi connectivity index (χ1v) is 9.06. The van der Waals surface area contributed by atoms with Crippen LogP contribution >= 0.6 is 0 Å². The number of carbonyl (C=O) groups excluding carboxylic acids is 2. The van der Waals surface area contributed by atoms with Gasteiger partial charge >= 0.3 is 6.03 Å². The molecule has 1 aliphatic rings. The number of carbonyl (C=O) groups is 2. The number of piperidine rings is 1. The minimum Gasteiger partial charge on any atom is -0.359 e. The number of likely N-dealkylation sites (tertiary alicyclic amines) is 1. The first kappa shape index (κ1) is 18.0. The molecule has 0 atom stereocenters. The van der Waals surface area contributed by atoms with E-state index in [0.29, 0.717) is 25.9 Å². The lowest BCUT2D eigenvalue weighted by atomic mass is 9.96. The Kier molecular flexibility index (Phi) is 5.89. The van der Waals surface area contributed by atoms with E-state index in [1.807, 2.05) is 42.5 Å². The van der Waals surface area contributed by atoms with Gasteiger partial charge in [0.15, 0.2) is 0 Å². The van der Waals surface area contributed by atoms with Gasteiger partial charge in [0.1, 0.15) is 0 Å². The van der Waals surface area contributed by atoms with Gasteiger partial charge in [-0.15, -0.1) is 0 Å². The summed E-state index contributed by atoms with van der Waals surface area (Å²) >= 11 is 0. The van der Waals surface area contributed by atoms with Crippen molar-refractivity contribution >= 4 is 17.6 Å². The van der Waals surface area contributed by atoms with Gasteiger partial charge in [-0.1, -0.05) is 48.5 Å². The second-order valence-electron chi connectivity index (χ2n) is 6.63. The van der Waals surface area contributed by atoms with Crippen LogP contribution in [-0.4, -0.2) is 37.0 Å². The Morgan fingerprint density at radius 1 is 1.00 bits per heavy atom. The predicted octanol–water partition coefficient (Wildman–Crippen LogP) is 3.27. The Morgan fingerprint density at radius 2 is 1.65 bits per heavy atom. The van der Waals surface area contributed by atoms with Crippen molar-refractivity contribution < 1.29 is 9.59 Å². The summed E-state index contributed by atoms with van der Waals surface area (Å²) in [5.74, 6) is 0.0766. The first-order chi connectivity index (χ1) is 12.7. The number of nitrogens with zero attached hydrogens (tertiary/aromatic N) is 1. The molecule has 1 fully saturated rings. The third-order valence-electron chi connectivity index (χ3n) is 4.90. The van der Waals surface area contributed by atoms with Gasteiger partial charge in [0, 0.05) is 31.7 Å². The van der Waals surface area contributed by atoms with Gasteiger partial charge in [0.05, 0.1) is 0 Å². The molecule has 5 nitrogen and oxygen atoms in total. The van der Waals surface area contributed by atoms with Crippen LogP contribution in [0.15, 0.2) is 54.6 Å². The Morgan fingerprint density at radius 3 is 2.35 bits per heavy atom. The summed E-state index contributed by atoms with van der Waals surface area (Å²) in [6.07, 6.45) is 2.19. The predicted molar refractivity (Wildman–Crippen MR) is 103 cm³/mol. The maximum Gasteiger partial charge on any atom is 0.321 e. The van der Waals surface area contributed by atoms with Gasteiger partial charge in [-0.3, -0.25) is 4.79 Å². The van der Waals surface area contributed by atoms with Crippen LogP contribution in [0.5, 0.6) is 0 Å². The Balaban J connectivity index is 1.62. The molecule has 0 aliphatic carbocycles. The molecular formula is C21H25N3O2. The number of urea groups is 1. The number of nitrogens with one attached hydrogen (secondary N) is 2. The zero-order valence-electron chi connectivity index (χ0n) is 15.1. The van der Waals surface area contributed by atoms with Crippen LogP contribution in [0.25, 0.3) is 0 Å². The molecule has 2 aromatic rings. The highest BCUT2D eigenvalue weighted by atomic mass is 16.2. The SMILES string of the molecule is CNC(=O)C1CCN(C(=O)Nc2ccccc2Cc2ccccc2)CC1. The van der Waals surface area contributed by atoms with Crippen LogP contribution in [-0.2, 0) is 11.2 Å². The lowest BCUT2D eigenvalue weighted by molar-refractivity contribution is -0.125. The van der Waals surface area contributed by atoms with E-state index in [0.717, 1.165) is 17.7 Å². The largest absolute Gasteiger partial charge is 0.359 e. The van der Waals surface area contributed by atoms with Crippen LogP contribution in [0.1, 0.15) is 24.0 Å². The first-order valence-electron chi connectivity index (χ1n) is 9.06. The monoisotopic (exact) mass is 351 g/mol. The maximum atomic E-state index is 12.6. The molecule has 0 spiro atoms. The number of hydrogen-bond donors (Lipinski definition) is 2. The normalized spacial score (nSPS) is 14.7. The highest BCUT2D eigenvalue weighted by Gasteiger charge is 2.26. The van der Waals surface area contributed by atoms with E-state index < -0.39 is 0 Å². The van der Waals surface area contributed by atoms with Crippen LogP contribution in [0, 0.1) is 5.92 Å². The summed E-state index contributed by atoms with van der Waals surface area (Å²) in [7, 11) is 1.66. The van der Waals surface area contributed by atoms with Crippen molar-refractivity contribution in [3.05, 3.63) is 65.7 Å². The quantitative estimate of drug-likeness (QED) is 0.888. The molecule has 0 saturated carbocycles. The van der Waals surface area contributed by atoms with E-state index in [1.54, 1.807) is 11.9 Å². The Bertz CT molecular complexity index is 753. The number of benzene rings is 2. The van der Waals surface area contributed by atoms with Crippen LogP contribution in [0.4, 0.5) is 10.5 Å². The number of amides is 3. The summed E-state index contributed by atoms with van der Waals surface area (Å²) in [6, 6.07) is 18.0. The van der Waals surface area contributed by atoms with Gasteiger partial charge in [0.2, 0.25) is 5.91 Å². The summed E-state index contributed by atoms with van der Waals surface area (Å²) < 4.78 is 0. The molecule has 1 saturated heterocycles. The van der Waals surface area contributed by atoms with Crippen molar-refractivity contribution in [1.29, 1.82) is 0 Å². The van der Waals surface area contributed by atoms with Crippen LogP contribution in [0.3, 0.4) is 0 Å². The average molecular weight is 351 g/mol. The van der Waals surface area contributed by atoms with Gasteiger partial charge in [-0.25, -0.2) is 4.79 Å². The smallest absolute Gasteiger partial charge is 0.321 e. The lowest BCUT2D eigenvalue weighted by Crippen LogP contribution is -2.44. The Labute approximate surface area is 154 Å². The fourth-order valence-corrected chi connectivity index (χ4v) is 3.36. The van der Waals surface area contributed by atoms with Crippen molar-refractivity contribution in [2.75, 3.05) is 25.5 Å². The third kappa shape index (κ3) is 4.42. The summed E-state index contributed by atoms with van der Waals surface area (Å²) in [5.41, 5.74) is 3.14. The van der Waals surface area contributed by atoms with Crippen molar-refractivity contribution in [2.45, 2.75) is 19.3 Å².